The average molecular weight is 326 g/mol. The fourth-order valence-corrected chi connectivity index (χ4v) is 2.93. The quantitative estimate of drug-likeness (QED) is 0.815. The molecule has 4 heteroatoms. The summed E-state index contributed by atoms with van der Waals surface area (Å²) in [6, 6.07) is 16.4. The van der Waals surface area contributed by atoms with Crippen molar-refractivity contribution in [3.8, 4) is 11.5 Å². The molecule has 0 unspecified atom stereocenters. The number of hydrogen-bond donors (Lipinski definition) is 0. The van der Waals surface area contributed by atoms with Crippen molar-refractivity contribution in [1.29, 1.82) is 0 Å². The molecule has 128 valence electrons. The minimum Gasteiger partial charge on any atom is -0.493 e. The first-order valence-electron chi connectivity index (χ1n) is 8.49. The summed E-state index contributed by atoms with van der Waals surface area (Å²) in [4.78, 5) is 4.86. The Bertz CT molecular complexity index is 637. The highest BCUT2D eigenvalue weighted by molar-refractivity contribution is 5.43. The summed E-state index contributed by atoms with van der Waals surface area (Å²) in [5.74, 6) is 1.60. The Hall–Kier alpha value is -2.04. The maximum atomic E-state index is 5.93. The predicted octanol–water partition coefficient (Wildman–Crippen LogP) is 3.02. The van der Waals surface area contributed by atoms with Crippen LogP contribution in [0.5, 0.6) is 11.5 Å². The largest absolute Gasteiger partial charge is 0.493 e. The topological polar surface area (TPSA) is 24.9 Å². The zero-order chi connectivity index (χ0) is 16.8. The maximum Gasteiger partial charge on any atom is 0.161 e. The molecule has 1 saturated heterocycles. The van der Waals surface area contributed by atoms with Gasteiger partial charge in [0.2, 0.25) is 0 Å². The van der Waals surface area contributed by atoms with E-state index in [4.69, 9.17) is 9.47 Å². The van der Waals surface area contributed by atoms with E-state index < -0.39 is 0 Å². The molecular formula is C20H26N2O2. The molecule has 0 amide bonds. The standard InChI is InChI=1S/C20H26N2O2/c1-21-10-12-22(13-11-21)15-18-8-9-19(20(14-18)23-2)24-16-17-6-4-3-5-7-17/h3-9,14H,10-13,15-16H2,1-2H3. The lowest BCUT2D eigenvalue weighted by molar-refractivity contribution is 0.148. The van der Waals surface area contributed by atoms with E-state index in [1.54, 1.807) is 7.11 Å². The summed E-state index contributed by atoms with van der Waals surface area (Å²) in [7, 11) is 3.88. The molecule has 0 N–H and O–H groups in total. The van der Waals surface area contributed by atoms with Crippen LogP contribution < -0.4 is 9.47 Å². The first kappa shape index (κ1) is 16.8. The predicted molar refractivity (Wildman–Crippen MR) is 96.5 cm³/mol. The first-order chi connectivity index (χ1) is 11.7. The summed E-state index contributed by atoms with van der Waals surface area (Å²) >= 11 is 0. The lowest BCUT2D eigenvalue weighted by Gasteiger charge is -2.32. The molecule has 4 nitrogen and oxygen atoms in total. The lowest BCUT2D eigenvalue weighted by atomic mass is 10.1. The summed E-state index contributed by atoms with van der Waals surface area (Å²) < 4.78 is 11.5. The number of benzene rings is 2. The van der Waals surface area contributed by atoms with Gasteiger partial charge in [-0.2, -0.15) is 0 Å². The van der Waals surface area contributed by atoms with Gasteiger partial charge in [0.1, 0.15) is 6.61 Å². The normalized spacial score (nSPS) is 16.1. The van der Waals surface area contributed by atoms with Crippen molar-refractivity contribution in [2.45, 2.75) is 13.2 Å². The van der Waals surface area contributed by atoms with E-state index in [1.165, 1.54) is 5.56 Å². The molecule has 2 aromatic carbocycles. The molecular weight excluding hydrogens is 300 g/mol. The molecule has 0 atom stereocenters. The molecule has 24 heavy (non-hydrogen) atoms. The minimum atomic E-state index is 0.551. The highest BCUT2D eigenvalue weighted by atomic mass is 16.5. The van der Waals surface area contributed by atoms with Crippen molar-refractivity contribution in [3.05, 3.63) is 59.7 Å². The van der Waals surface area contributed by atoms with Gasteiger partial charge in [0.25, 0.3) is 0 Å². The fraction of sp³-hybridized carbons (Fsp3) is 0.400. The van der Waals surface area contributed by atoms with Crippen LogP contribution in [0, 0.1) is 0 Å². The number of nitrogens with zero attached hydrogens (tertiary/aromatic N) is 2. The number of likely N-dealkylation sites (N-methyl/N-ethyl adjacent to an activating group) is 1. The second-order valence-corrected chi connectivity index (χ2v) is 6.34. The van der Waals surface area contributed by atoms with Crippen LogP contribution in [0.15, 0.2) is 48.5 Å². The third-order valence-electron chi connectivity index (χ3n) is 4.47. The average Bonchev–Trinajstić information content (AvgIpc) is 2.63. The minimum absolute atomic E-state index is 0.551. The van der Waals surface area contributed by atoms with Crippen LogP contribution in [0.25, 0.3) is 0 Å². The molecule has 1 heterocycles. The van der Waals surface area contributed by atoms with Gasteiger partial charge >= 0.3 is 0 Å². The van der Waals surface area contributed by atoms with Gasteiger partial charge in [0.15, 0.2) is 11.5 Å². The van der Waals surface area contributed by atoms with Crippen LogP contribution in [0.4, 0.5) is 0 Å². The number of rotatable bonds is 6. The van der Waals surface area contributed by atoms with Gasteiger partial charge in [-0.05, 0) is 30.3 Å². The Balaban J connectivity index is 1.62. The van der Waals surface area contributed by atoms with Crippen molar-refractivity contribution in [2.24, 2.45) is 0 Å². The van der Waals surface area contributed by atoms with Crippen LogP contribution >= 0.6 is 0 Å². The van der Waals surface area contributed by atoms with Gasteiger partial charge < -0.3 is 14.4 Å². The summed E-state index contributed by atoms with van der Waals surface area (Å²) in [5.41, 5.74) is 2.42. The van der Waals surface area contributed by atoms with E-state index in [1.807, 2.05) is 24.3 Å². The van der Waals surface area contributed by atoms with Gasteiger partial charge in [-0.1, -0.05) is 36.4 Å². The van der Waals surface area contributed by atoms with E-state index in [9.17, 15) is 0 Å². The third-order valence-corrected chi connectivity index (χ3v) is 4.47. The monoisotopic (exact) mass is 326 g/mol. The second-order valence-electron chi connectivity index (χ2n) is 6.34. The molecule has 0 saturated carbocycles. The van der Waals surface area contributed by atoms with Crippen LogP contribution in [0.3, 0.4) is 0 Å². The zero-order valence-electron chi connectivity index (χ0n) is 14.6. The smallest absolute Gasteiger partial charge is 0.161 e. The SMILES string of the molecule is COc1cc(CN2CCN(C)CC2)ccc1OCc1ccccc1. The van der Waals surface area contributed by atoms with Crippen molar-refractivity contribution in [3.63, 3.8) is 0 Å². The highest BCUT2D eigenvalue weighted by Gasteiger charge is 2.15. The van der Waals surface area contributed by atoms with E-state index in [-0.39, 0.29) is 0 Å². The molecule has 0 aliphatic carbocycles. The van der Waals surface area contributed by atoms with Crippen molar-refractivity contribution < 1.29 is 9.47 Å². The fourth-order valence-electron chi connectivity index (χ4n) is 2.93. The van der Waals surface area contributed by atoms with E-state index in [0.717, 1.165) is 49.8 Å². The number of hydrogen-bond acceptors (Lipinski definition) is 4. The first-order valence-corrected chi connectivity index (χ1v) is 8.49. The molecule has 1 fully saturated rings. The maximum absolute atomic E-state index is 5.93. The number of piperazine rings is 1. The summed E-state index contributed by atoms with van der Waals surface area (Å²) in [6.45, 7) is 6.01. The molecule has 0 aromatic heterocycles. The molecule has 2 aromatic rings. The molecule has 1 aliphatic rings. The van der Waals surface area contributed by atoms with Crippen molar-refractivity contribution in [2.75, 3.05) is 40.3 Å². The van der Waals surface area contributed by atoms with Crippen LogP contribution in [-0.2, 0) is 13.2 Å². The van der Waals surface area contributed by atoms with E-state index in [2.05, 4.69) is 41.1 Å². The second kappa shape index (κ2) is 8.18. The summed E-state index contributed by atoms with van der Waals surface area (Å²) in [5, 5.41) is 0. The molecule has 0 radical (unpaired) electrons. The lowest BCUT2D eigenvalue weighted by Crippen LogP contribution is -2.43. The molecule has 0 bridgehead atoms. The third kappa shape index (κ3) is 4.49. The Morgan fingerprint density at radius 1 is 0.875 bits per heavy atom. The van der Waals surface area contributed by atoms with Gasteiger partial charge in [0.05, 0.1) is 7.11 Å². The summed E-state index contributed by atoms with van der Waals surface area (Å²) in [6.07, 6.45) is 0. The Morgan fingerprint density at radius 2 is 1.62 bits per heavy atom. The van der Waals surface area contributed by atoms with Gasteiger partial charge in [-0.15, -0.1) is 0 Å². The molecule has 0 spiro atoms. The van der Waals surface area contributed by atoms with E-state index in [0.29, 0.717) is 6.61 Å². The molecule has 3 rings (SSSR count). The van der Waals surface area contributed by atoms with Gasteiger partial charge in [-0.25, -0.2) is 0 Å². The highest BCUT2D eigenvalue weighted by Crippen LogP contribution is 2.29. The Labute approximate surface area is 144 Å². The Kier molecular flexibility index (Phi) is 5.72. The van der Waals surface area contributed by atoms with Crippen LogP contribution in [-0.4, -0.2) is 50.1 Å². The number of methoxy groups -OCH3 is 1. The number of ether oxygens (including phenoxy) is 2. The van der Waals surface area contributed by atoms with Crippen LogP contribution in [0.1, 0.15) is 11.1 Å². The Morgan fingerprint density at radius 3 is 2.33 bits per heavy atom. The van der Waals surface area contributed by atoms with Gasteiger partial charge in [-0.3, -0.25) is 4.90 Å². The van der Waals surface area contributed by atoms with Crippen molar-refractivity contribution >= 4 is 0 Å². The zero-order valence-corrected chi connectivity index (χ0v) is 14.6. The van der Waals surface area contributed by atoms with Gasteiger partial charge in [0, 0.05) is 32.7 Å². The molecule has 1 aliphatic heterocycles. The van der Waals surface area contributed by atoms with E-state index >= 15 is 0 Å². The van der Waals surface area contributed by atoms with Crippen molar-refractivity contribution in [1.82, 2.24) is 9.80 Å². The van der Waals surface area contributed by atoms with Crippen LogP contribution in [0.2, 0.25) is 0 Å².